The summed E-state index contributed by atoms with van der Waals surface area (Å²) >= 11 is 0. The van der Waals surface area contributed by atoms with Crippen LogP contribution in [0, 0.1) is 0 Å². The van der Waals surface area contributed by atoms with Crippen molar-refractivity contribution in [2.24, 2.45) is 0 Å². The Morgan fingerprint density at radius 2 is 0.792 bits per heavy atom. The van der Waals surface area contributed by atoms with E-state index in [-0.39, 0.29) is 24.9 Å². The molecule has 316 valence electrons. The average molecular weight is 752 g/mol. The number of hydrogen-bond donors (Lipinski definition) is 3. The van der Waals surface area contributed by atoms with Gasteiger partial charge in [0.2, 0.25) is 5.91 Å². The van der Waals surface area contributed by atoms with Crippen molar-refractivity contribution < 1.29 is 24.5 Å². The third kappa shape index (κ3) is 37.6. The molecule has 0 radical (unpaired) electrons. The maximum absolute atomic E-state index is 13.1. The Hall–Kier alpha value is -1.14. The van der Waals surface area contributed by atoms with Crippen LogP contribution in [-0.4, -0.2) is 46.9 Å². The molecule has 0 aromatic carbocycles. The van der Waals surface area contributed by atoms with Crippen molar-refractivity contribution in [3.63, 3.8) is 0 Å². The molecule has 0 bridgehead atoms. The Balaban J connectivity index is 4.44. The molecule has 0 fully saturated rings. The molecule has 0 heterocycles. The number of aliphatic hydroxyl groups excluding tert-OH is 2. The fourth-order valence-corrected chi connectivity index (χ4v) is 7.55. The van der Waals surface area contributed by atoms with E-state index in [9.17, 15) is 19.8 Å². The number of carbonyl (C=O) groups is 2. The minimum absolute atomic E-state index is 0.0864. The van der Waals surface area contributed by atoms with Crippen molar-refractivity contribution >= 4 is 11.9 Å². The van der Waals surface area contributed by atoms with E-state index >= 15 is 0 Å². The third-order valence-corrected chi connectivity index (χ3v) is 11.2. The van der Waals surface area contributed by atoms with Gasteiger partial charge < -0.3 is 20.3 Å². The van der Waals surface area contributed by atoms with Crippen LogP contribution in [0.15, 0.2) is 0 Å². The smallest absolute Gasteiger partial charge is 0.306 e. The molecule has 0 aliphatic rings. The molecule has 3 atom stereocenters. The van der Waals surface area contributed by atoms with E-state index < -0.39 is 18.2 Å². The van der Waals surface area contributed by atoms with E-state index in [1.165, 1.54) is 173 Å². The summed E-state index contributed by atoms with van der Waals surface area (Å²) in [5, 5.41) is 23.7. The first-order valence-corrected chi connectivity index (χ1v) is 23.8. The zero-order valence-electron chi connectivity index (χ0n) is 35.9. The number of hydrogen-bond acceptors (Lipinski definition) is 5. The van der Waals surface area contributed by atoms with Crippen molar-refractivity contribution in [2.45, 2.75) is 283 Å². The van der Waals surface area contributed by atoms with Gasteiger partial charge in [-0.2, -0.15) is 0 Å². The average Bonchev–Trinajstić information content (AvgIpc) is 3.15. The first-order valence-electron chi connectivity index (χ1n) is 23.8. The van der Waals surface area contributed by atoms with Gasteiger partial charge in [-0.05, 0) is 25.7 Å². The van der Waals surface area contributed by atoms with E-state index in [1.807, 2.05) is 0 Å². The van der Waals surface area contributed by atoms with Gasteiger partial charge in [-0.15, -0.1) is 0 Å². The highest BCUT2D eigenvalue weighted by atomic mass is 16.5. The summed E-state index contributed by atoms with van der Waals surface area (Å²) in [6.45, 7) is 6.47. The van der Waals surface area contributed by atoms with E-state index in [0.29, 0.717) is 19.3 Å². The number of ether oxygens (including phenoxy) is 1. The van der Waals surface area contributed by atoms with Crippen LogP contribution in [0.25, 0.3) is 0 Å². The lowest BCUT2D eigenvalue weighted by Gasteiger charge is -2.24. The second kappa shape index (κ2) is 42.0. The van der Waals surface area contributed by atoms with Gasteiger partial charge in [0.1, 0.15) is 6.10 Å². The molecule has 3 N–H and O–H groups in total. The summed E-state index contributed by atoms with van der Waals surface area (Å²) in [5.74, 6) is -0.460. The molecule has 3 unspecified atom stereocenters. The highest BCUT2D eigenvalue weighted by Gasteiger charge is 2.24. The molecule has 0 aliphatic carbocycles. The van der Waals surface area contributed by atoms with Crippen LogP contribution in [0.2, 0.25) is 0 Å². The highest BCUT2D eigenvalue weighted by Crippen LogP contribution is 2.18. The molecule has 0 saturated heterocycles. The molecule has 0 spiro atoms. The fraction of sp³-hybridized carbons (Fsp3) is 0.957. The Kier molecular flexibility index (Phi) is 41.1. The van der Waals surface area contributed by atoms with Crippen molar-refractivity contribution in [2.75, 3.05) is 6.61 Å². The van der Waals surface area contributed by atoms with Gasteiger partial charge in [-0.1, -0.05) is 226 Å². The lowest BCUT2D eigenvalue weighted by Crippen LogP contribution is -2.46. The van der Waals surface area contributed by atoms with Crippen LogP contribution in [0.5, 0.6) is 0 Å². The normalized spacial score (nSPS) is 13.2. The van der Waals surface area contributed by atoms with Gasteiger partial charge >= 0.3 is 5.97 Å². The molecule has 6 heteroatoms. The van der Waals surface area contributed by atoms with Gasteiger partial charge in [0.05, 0.1) is 25.2 Å². The van der Waals surface area contributed by atoms with Crippen LogP contribution in [0.4, 0.5) is 0 Å². The van der Waals surface area contributed by atoms with Gasteiger partial charge in [-0.25, -0.2) is 0 Å². The Morgan fingerprint density at radius 3 is 1.15 bits per heavy atom. The summed E-state index contributed by atoms with van der Waals surface area (Å²) in [7, 11) is 0. The number of nitrogens with one attached hydrogen (secondary N) is 1. The molecule has 6 nitrogen and oxygen atoms in total. The van der Waals surface area contributed by atoms with Crippen LogP contribution in [0.1, 0.15) is 265 Å². The summed E-state index contributed by atoms with van der Waals surface area (Å²) in [4.78, 5) is 25.9. The van der Waals surface area contributed by atoms with Gasteiger partial charge in [0, 0.05) is 6.42 Å². The first-order chi connectivity index (χ1) is 26.0. The number of aliphatic hydroxyl groups is 2. The van der Waals surface area contributed by atoms with Crippen LogP contribution in [-0.2, 0) is 14.3 Å². The summed E-state index contributed by atoms with van der Waals surface area (Å²) in [6.07, 6.45) is 43.0. The maximum atomic E-state index is 13.1. The predicted octanol–water partition coefficient (Wildman–Crippen LogP) is 13.6. The lowest BCUT2D eigenvalue weighted by molar-refractivity contribution is -0.151. The molecule has 0 aromatic heterocycles. The second-order valence-corrected chi connectivity index (χ2v) is 16.5. The molecule has 0 saturated carbocycles. The van der Waals surface area contributed by atoms with E-state index in [0.717, 1.165) is 44.9 Å². The molecular formula is C47H93NO5. The monoisotopic (exact) mass is 752 g/mol. The minimum atomic E-state index is -0.777. The molecule has 1 amide bonds. The fourth-order valence-electron chi connectivity index (χ4n) is 7.55. The third-order valence-electron chi connectivity index (χ3n) is 11.2. The van der Waals surface area contributed by atoms with Gasteiger partial charge in [0.25, 0.3) is 0 Å². The second-order valence-electron chi connectivity index (χ2n) is 16.5. The van der Waals surface area contributed by atoms with Crippen LogP contribution < -0.4 is 5.32 Å². The first kappa shape index (κ1) is 51.9. The predicted molar refractivity (Wildman–Crippen MR) is 227 cm³/mol. The van der Waals surface area contributed by atoms with Crippen molar-refractivity contribution in [3.8, 4) is 0 Å². The Morgan fingerprint density at radius 1 is 0.472 bits per heavy atom. The van der Waals surface area contributed by atoms with Gasteiger partial charge in [0.15, 0.2) is 0 Å². The highest BCUT2D eigenvalue weighted by molar-refractivity contribution is 5.77. The molecular weight excluding hydrogens is 659 g/mol. The Bertz CT molecular complexity index is 761. The maximum Gasteiger partial charge on any atom is 0.306 e. The van der Waals surface area contributed by atoms with E-state index in [1.54, 1.807) is 0 Å². The Labute approximate surface area is 330 Å². The number of esters is 1. The zero-order chi connectivity index (χ0) is 38.9. The molecule has 0 rings (SSSR count). The molecule has 53 heavy (non-hydrogen) atoms. The minimum Gasteiger partial charge on any atom is -0.462 e. The van der Waals surface area contributed by atoms with Crippen molar-refractivity contribution in [1.29, 1.82) is 0 Å². The quantitative estimate of drug-likeness (QED) is 0.0426. The standard InChI is InChI=1S/C47H93NO5/c1-4-7-10-13-16-19-21-22-23-25-27-30-33-36-39-45(50)44(42-49)48-46(51)41-43(38-35-32-29-26-18-15-12-9-6-3)53-47(52)40-37-34-31-28-24-20-17-14-11-8-5-2/h43-45,49-50H,4-42H2,1-3H3,(H,48,51). The van der Waals surface area contributed by atoms with Gasteiger partial charge in [-0.3, -0.25) is 9.59 Å². The van der Waals surface area contributed by atoms with E-state index in [4.69, 9.17) is 4.74 Å². The zero-order valence-corrected chi connectivity index (χ0v) is 35.9. The summed E-state index contributed by atoms with van der Waals surface area (Å²) in [6, 6.07) is -0.690. The van der Waals surface area contributed by atoms with Crippen LogP contribution >= 0.6 is 0 Å². The SMILES string of the molecule is CCCCCCCCCCCCCCCCC(O)C(CO)NC(=O)CC(CCCCCCCCCCC)OC(=O)CCCCCCCCCCCCC. The summed E-state index contributed by atoms with van der Waals surface area (Å²) < 4.78 is 5.89. The molecule has 0 aliphatic heterocycles. The number of rotatable bonds is 43. The lowest BCUT2D eigenvalue weighted by atomic mass is 10.0. The van der Waals surface area contributed by atoms with E-state index in [2.05, 4.69) is 26.1 Å². The van der Waals surface area contributed by atoms with Crippen LogP contribution in [0.3, 0.4) is 0 Å². The summed E-state index contributed by atoms with van der Waals surface area (Å²) in [5.41, 5.74) is 0. The van der Waals surface area contributed by atoms with Crippen molar-refractivity contribution in [1.82, 2.24) is 5.32 Å². The number of amides is 1. The van der Waals surface area contributed by atoms with Crippen molar-refractivity contribution in [3.05, 3.63) is 0 Å². The topological polar surface area (TPSA) is 95.9 Å². The number of unbranched alkanes of at least 4 members (excludes halogenated alkanes) is 31. The number of carbonyl (C=O) groups excluding carboxylic acids is 2. The largest absolute Gasteiger partial charge is 0.462 e. The molecule has 0 aromatic rings.